The van der Waals surface area contributed by atoms with Gasteiger partial charge in [0.1, 0.15) is 6.07 Å². The van der Waals surface area contributed by atoms with Crippen LogP contribution in [-0.4, -0.2) is 15.6 Å². The van der Waals surface area contributed by atoms with Crippen LogP contribution in [-0.2, 0) is 17.3 Å². The Bertz CT molecular complexity index is 990. The van der Waals surface area contributed by atoms with Gasteiger partial charge in [-0.3, -0.25) is 9.48 Å². The van der Waals surface area contributed by atoms with E-state index in [9.17, 15) is 10.1 Å². The average Bonchev–Trinajstić information content (AvgIpc) is 3.00. The Morgan fingerprint density at radius 2 is 2.04 bits per heavy atom. The third kappa shape index (κ3) is 2.13. The van der Waals surface area contributed by atoms with Crippen LogP contribution in [0.25, 0.3) is 17.3 Å². The van der Waals surface area contributed by atoms with Crippen molar-refractivity contribution in [2.45, 2.75) is 25.7 Å². The molecule has 0 fully saturated rings. The zero-order valence-corrected chi connectivity index (χ0v) is 15.2. The Labute approximate surface area is 153 Å². The Kier molecular flexibility index (Phi) is 3.69. The maximum Gasteiger partial charge on any atom is 0.176 e. The molecule has 1 aromatic heterocycles. The number of hydrogen-bond donors (Lipinski definition) is 0. The van der Waals surface area contributed by atoms with E-state index in [0.717, 1.165) is 28.9 Å². The maximum absolute atomic E-state index is 12.6. The second-order valence-electron chi connectivity index (χ2n) is 7.32. The third-order valence-corrected chi connectivity index (χ3v) is 5.84. The Morgan fingerprint density at radius 3 is 2.69 bits per heavy atom. The lowest BCUT2D eigenvalue weighted by Gasteiger charge is -2.42. The quantitative estimate of drug-likeness (QED) is 0.826. The van der Waals surface area contributed by atoms with Gasteiger partial charge in [-0.25, -0.2) is 0 Å². The van der Waals surface area contributed by atoms with Crippen molar-refractivity contribution in [3.05, 3.63) is 59.3 Å². The van der Waals surface area contributed by atoms with Crippen LogP contribution in [0.3, 0.4) is 0 Å². The van der Waals surface area contributed by atoms with Gasteiger partial charge in [0, 0.05) is 35.4 Å². The summed E-state index contributed by atoms with van der Waals surface area (Å²) in [5, 5.41) is 14.3. The summed E-state index contributed by atoms with van der Waals surface area (Å²) in [5.74, 6) is -0.181. The molecule has 1 heterocycles. The number of allylic oxidation sites excluding steroid dienone is 3. The average molecular weight is 343 g/mol. The first-order valence-corrected chi connectivity index (χ1v) is 8.99. The van der Waals surface area contributed by atoms with Crippen molar-refractivity contribution in [1.82, 2.24) is 9.78 Å². The first-order chi connectivity index (χ1) is 12.5. The van der Waals surface area contributed by atoms with Crippen LogP contribution in [0.2, 0.25) is 0 Å². The zero-order valence-electron chi connectivity index (χ0n) is 15.2. The van der Waals surface area contributed by atoms with E-state index in [4.69, 9.17) is 5.10 Å². The smallest absolute Gasteiger partial charge is 0.176 e. The topological polar surface area (TPSA) is 58.7 Å². The van der Waals surface area contributed by atoms with Crippen molar-refractivity contribution in [2.75, 3.05) is 0 Å². The lowest BCUT2D eigenvalue weighted by Crippen LogP contribution is -2.44. The van der Waals surface area contributed by atoms with Crippen LogP contribution >= 0.6 is 0 Å². The van der Waals surface area contributed by atoms with Crippen LogP contribution < -0.4 is 0 Å². The third-order valence-electron chi connectivity index (χ3n) is 5.84. The summed E-state index contributed by atoms with van der Waals surface area (Å²) in [6.45, 7) is 4.12. The number of ketones is 1. The number of carbonyl (C=O) groups is 1. The summed E-state index contributed by atoms with van der Waals surface area (Å²) in [5.41, 5.74) is 4.02. The first kappa shape index (κ1) is 16.5. The van der Waals surface area contributed by atoms with E-state index in [2.05, 4.69) is 37.3 Å². The molecule has 2 aliphatic rings. The summed E-state index contributed by atoms with van der Waals surface area (Å²) in [4.78, 5) is 12.6. The molecule has 26 heavy (non-hydrogen) atoms. The maximum atomic E-state index is 12.6. The molecule has 0 aliphatic heterocycles. The highest BCUT2D eigenvalue weighted by atomic mass is 16.1. The van der Waals surface area contributed by atoms with Gasteiger partial charge in [-0.2, -0.15) is 10.4 Å². The van der Waals surface area contributed by atoms with E-state index in [-0.39, 0.29) is 23.2 Å². The molecule has 4 nitrogen and oxygen atoms in total. The van der Waals surface area contributed by atoms with Gasteiger partial charge in [-0.15, -0.1) is 0 Å². The normalized spacial score (nSPS) is 26.7. The molecule has 4 rings (SSSR count). The number of nitrogens with zero attached hydrogens (tertiary/aromatic N) is 3. The molecule has 2 aliphatic carbocycles. The van der Waals surface area contributed by atoms with Crippen molar-refractivity contribution in [1.29, 1.82) is 5.26 Å². The number of aryl methyl sites for hydroxylation is 1. The van der Waals surface area contributed by atoms with Gasteiger partial charge in [0.2, 0.25) is 0 Å². The second-order valence-corrected chi connectivity index (χ2v) is 7.32. The van der Waals surface area contributed by atoms with E-state index in [0.29, 0.717) is 0 Å². The zero-order chi connectivity index (χ0) is 18.5. The Morgan fingerprint density at radius 1 is 1.31 bits per heavy atom. The highest BCUT2D eigenvalue weighted by Gasteiger charge is 2.49. The molecule has 3 atom stereocenters. The largest absolute Gasteiger partial charge is 0.293 e. The lowest BCUT2D eigenvalue weighted by atomic mass is 9.59. The molecule has 0 saturated carbocycles. The van der Waals surface area contributed by atoms with Crippen molar-refractivity contribution in [3.63, 3.8) is 0 Å². The van der Waals surface area contributed by atoms with Crippen LogP contribution in [0.5, 0.6) is 0 Å². The van der Waals surface area contributed by atoms with Gasteiger partial charge in [0.15, 0.2) is 5.78 Å². The molecule has 2 aromatic rings. The van der Waals surface area contributed by atoms with Crippen molar-refractivity contribution in [3.8, 4) is 17.3 Å². The number of nitriles is 1. The van der Waals surface area contributed by atoms with E-state index >= 15 is 0 Å². The molecule has 130 valence electrons. The van der Waals surface area contributed by atoms with Gasteiger partial charge < -0.3 is 0 Å². The summed E-state index contributed by atoms with van der Waals surface area (Å²) in [7, 11) is 1.95. The Hall–Kier alpha value is -2.93. The molecule has 0 amide bonds. The molecular formula is C22H21N3O. The second kappa shape index (κ2) is 5.81. The fraction of sp³-hybridized carbons (Fsp3) is 0.318. The molecule has 1 aromatic carbocycles. The minimum atomic E-state index is -0.450. The van der Waals surface area contributed by atoms with E-state index in [1.807, 2.05) is 42.9 Å². The SMILES string of the molecule is CC[C@@H]1C(=O)C(C#N)=C[C@]2(C)c3nn(C)c(-c4ccccc4)c3C=C[C@@H]12. The standard InChI is InChI=1S/C22H21N3O/c1-4-16-18-11-10-17-19(14-8-6-5-7-9-14)25(3)24-21(17)22(18,2)12-15(13-23)20(16)26/h5-12,16,18H,4H2,1-3H3/t16-,18-,22-/m0/s1. The summed E-state index contributed by atoms with van der Waals surface area (Å²) < 4.78 is 1.91. The van der Waals surface area contributed by atoms with Gasteiger partial charge in [0.25, 0.3) is 0 Å². The Balaban J connectivity index is 1.96. The molecule has 0 unspecified atom stereocenters. The highest BCUT2D eigenvalue weighted by molar-refractivity contribution is 6.02. The van der Waals surface area contributed by atoms with Crippen molar-refractivity contribution in [2.24, 2.45) is 18.9 Å². The first-order valence-electron chi connectivity index (χ1n) is 8.99. The number of benzene rings is 1. The van der Waals surface area contributed by atoms with Crippen LogP contribution in [0, 0.1) is 23.2 Å². The summed E-state index contributed by atoms with van der Waals surface area (Å²) in [6, 6.07) is 12.3. The minimum Gasteiger partial charge on any atom is -0.293 e. The van der Waals surface area contributed by atoms with E-state index < -0.39 is 5.41 Å². The number of Topliss-reactive ketones (excluding diaryl/α,β-unsaturated/α-hetero) is 1. The summed E-state index contributed by atoms with van der Waals surface area (Å²) >= 11 is 0. The molecule has 0 N–H and O–H groups in total. The van der Waals surface area contributed by atoms with E-state index in [1.54, 1.807) is 0 Å². The number of carbonyl (C=O) groups excluding carboxylic acids is 1. The van der Waals surface area contributed by atoms with Gasteiger partial charge in [-0.1, -0.05) is 55.5 Å². The minimum absolute atomic E-state index is 0.0307. The molecule has 0 radical (unpaired) electrons. The van der Waals surface area contributed by atoms with Crippen LogP contribution in [0.4, 0.5) is 0 Å². The highest BCUT2D eigenvalue weighted by Crippen LogP contribution is 2.50. The molecule has 0 bridgehead atoms. The molecular weight excluding hydrogens is 322 g/mol. The van der Waals surface area contributed by atoms with Crippen LogP contribution in [0.15, 0.2) is 48.1 Å². The number of rotatable bonds is 2. The fourth-order valence-corrected chi connectivity index (χ4v) is 4.57. The van der Waals surface area contributed by atoms with Gasteiger partial charge >= 0.3 is 0 Å². The van der Waals surface area contributed by atoms with Crippen molar-refractivity contribution < 1.29 is 4.79 Å². The van der Waals surface area contributed by atoms with Gasteiger partial charge in [-0.05, 0) is 13.3 Å². The number of aromatic nitrogens is 2. The summed E-state index contributed by atoms with van der Waals surface area (Å²) in [6.07, 6.45) is 6.82. The molecule has 4 heteroatoms. The number of fused-ring (bicyclic) bond motifs is 3. The van der Waals surface area contributed by atoms with Crippen LogP contribution in [0.1, 0.15) is 31.5 Å². The molecule has 0 spiro atoms. The van der Waals surface area contributed by atoms with Crippen molar-refractivity contribution >= 4 is 11.9 Å². The lowest BCUT2D eigenvalue weighted by molar-refractivity contribution is -0.121. The predicted octanol–water partition coefficient (Wildman–Crippen LogP) is 4.05. The fourth-order valence-electron chi connectivity index (χ4n) is 4.57. The number of hydrogen-bond acceptors (Lipinski definition) is 3. The van der Waals surface area contributed by atoms with Gasteiger partial charge in [0.05, 0.1) is 17.0 Å². The monoisotopic (exact) mass is 343 g/mol. The molecule has 0 saturated heterocycles. The predicted molar refractivity (Wildman–Crippen MR) is 101 cm³/mol. The van der Waals surface area contributed by atoms with E-state index in [1.165, 1.54) is 0 Å².